The highest BCUT2D eigenvalue weighted by Gasteiger charge is 2.13. The number of nitrogens with zero attached hydrogens (tertiary/aromatic N) is 2. The first-order valence-corrected chi connectivity index (χ1v) is 5.05. The predicted octanol–water partition coefficient (Wildman–Crippen LogP) is 1.05. The first-order chi connectivity index (χ1) is 8.18. The van der Waals surface area contributed by atoms with Crippen LogP contribution in [0.2, 0.25) is 0 Å². The van der Waals surface area contributed by atoms with Crippen LogP contribution in [0.1, 0.15) is 10.4 Å². The zero-order valence-electron chi connectivity index (χ0n) is 9.25. The number of aromatic amines is 1. The van der Waals surface area contributed by atoms with Crippen molar-refractivity contribution < 1.29 is 4.79 Å². The zero-order chi connectivity index (χ0) is 12.3. The molecule has 0 atom stereocenters. The summed E-state index contributed by atoms with van der Waals surface area (Å²) in [4.78, 5) is 30.8. The van der Waals surface area contributed by atoms with Crippen molar-refractivity contribution >= 4 is 11.6 Å². The highest BCUT2D eigenvalue weighted by molar-refractivity contribution is 6.05. The minimum atomic E-state index is -0.231. The van der Waals surface area contributed by atoms with Crippen LogP contribution < -0.4 is 10.5 Å². The van der Waals surface area contributed by atoms with Crippen LogP contribution in [0.4, 0.5) is 5.69 Å². The van der Waals surface area contributed by atoms with Crippen LogP contribution in [0.25, 0.3) is 0 Å². The fourth-order valence-corrected chi connectivity index (χ4v) is 1.41. The van der Waals surface area contributed by atoms with E-state index in [4.69, 9.17) is 0 Å². The fourth-order valence-electron chi connectivity index (χ4n) is 1.41. The van der Waals surface area contributed by atoms with Gasteiger partial charge in [-0.1, -0.05) is 0 Å². The molecule has 5 nitrogen and oxygen atoms in total. The molecule has 2 rings (SSSR count). The van der Waals surface area contributed by atoms with E-state index in [1.54, 1.807) is 31.6 Å². The lowest BCUT2D eigenvalue weighted by atomic mass is 10.2. The van der Waals surface area contributed by atoms with Crippen LogP contribution in [-0.4, -0.2) is 22.9 Å². The summed E-state index contributed by atoms with van der Waals surface area (Å²) < 4.78 is 0. The van der Waals surface area contributed by atoms with E-state index >= 15 is 0 Å². The monoisotopic (exact) mass is 229 g/mol. The molecular weight excluding hydrogens is 218 g/mol. The van der Waals surface area contributed by atoms with Gasteiger partial charge in [0.2, 0.25) is 5.56 Å². The van der Waals surface area contributed by atoms with Crippen molar-refractivity contribution in [2.24, 2.45) is 0 Å². The van der Waals surface area contributed by atoms with E-state index in [2.05, 4.69) is 9.97 Å². The van der Waals surface area contributed by atoms with Crippen molar-refractivity contribution in [3.8, 4) is 0 Å². The van der Waals surface area contributed by atoms with Crippen molar-refractivity contribution in [2.45, 2.75) is 0 Å². The second kappa shape index (κ2) is 4.61. The van der Waals surface area contributed by atoms with E-state index in [1.807, 2.05) is 0 Å². The average molecular weight is 229 g/mol. The van der Waals surface area contributed by atoms with E-state index in [0.717, 1.165) is 0 Å². The number of hydrogen-bond acceptors (Lipinski definition) is 3. The van der Waals surface area contributed by atoms with Gasteiger partial charge in [0.1, 0.15) is 0 Å². The third-order valence-electron chi connectivity index (χ3n) is 2.37. The van der Waals surface area contributed by atoms with Gasteiger partial charge in [-0.15, -0.1) is 0 Å². The molecule has 0 spiro atoms. The minimum Gasteiger partial charge on any atom is -0.328 e. The van der Waals surface area contributed by atoms with Gasteiger partial charge in [-0.25, -0.2) is 0 Å². The van der Waals surface area contributed by atoms with Crippen molar-refractivity contribution in [3.63, 3.8) is 0 Å². The average Bonchev–Trinajstić information content (AvgIpc) is 2.39. The number of carbonyl (C=O) groups is 1. The van der Waals surface area contributed by atoms with Crippen molar-refractivity contribution in [3.05, 3.63) is 58.8 Å². The molecule has 0 bridgehead atoms. The number of anilines is 1. The lowest BCUT2D eigenvalue weighted by Crippen LogP contribution is -2.26. The number of pyridine rings is 2. The first-order valence-electron chi connectivity index (χ1n) is 5.05. The highest BCUT2D eigenvalue weighted by Crippen LogP contribution is 2.12. The van der Waals surface area contributed by atoms with Gasteiger partial charge < -0.3 is 9.88 Å². The molecule has 0 aromatic carbocycles. The normalized spacial score (nSPS) is 9.94. The highest BCUT2D eigenvalue weighted by atomic mass is 16.2. The van der Waals surface area contributed by atoms with Gasteiger partial charge in [0.15, 0.2) is 0 Å². The number of nitrogens with one attached hydrogen (secondary N) is 1. The lowest BCUT2D eigenvalue weighted by molar-refractivity contribution is 0.0992. The van der Waals surface area contributed by atoms with Crippen LogP contribution in [0, 0.1) is 0 Å². The Hall–Kier alpha value is -2.43. The molecule has 2 aromatic heterocycles. The van der Waals surface area contributed by atoms with Gasteiger partial charge in [-0.05, 0) is 18.2 Å². The van der Waals surface area contributed by atoms with Crippen molar-refractivity contribution in [1.29, 1.82) is 0 Å². The molecule has 0 saturated carbocycles. The van der Waals surface area contributed by atoms with Crippen LogP contribution in [0.15, 0.2) is 47.7 Å². The smallest absolute Gasteiger partial charge is 0.259 e. The molecule has 1 N–H and O–H groups in total. The Kier molecular flexibility index (Phi) is 3.00. The summed E-state index contributed by atoms with van der Waals surface area (Å²) in [6.07, 6.45) is 4.64. The van der Waals surface area contributed by atoms with Gasteiger partial charge in [-0.2, -0.15) is 0 Å². The molecule has 0 unspecified atom stereocenters. The minimum absolute atomic E-state index is 0.200. The number of rotatable bonds is 2. The Morgan fingerprint density at radius 1 is 1.35 bits per heavy atom. The number of hydrogen-bond donors (Lipinski definition) is 1. The molecule has 17 heavy (non-hydrogen) atoms. The van der Waals surface area contributed by atoms with E-state index < -0.39 is 0 Å². The summed E-state index contributed by atoms with van der Waals surface area (Å²) >= 11 is 0. The number of amides is 1. The Morgan fingerprint density at radius 3 is 2.76 bits per heavy atom. The number of carbonyl (C=O) groups excluding carboxylic acids is 1. The lowest BCUT2D eigenvalue weighted by Gasteiger charge is -2.16. The number of aromatic nitrogens is 2. The Labute approximate surface area is 97.7 Å². The summed E-state index contributed by atoms with van der Waals surface area (Å²) in [5.41, 5.74) is 0.894. The molecule has 5 heteroatoms. The summed E-state index contributed by atoms with van der Waals surface area (Å²) in [5.74, 6) is -0.200. The third kappa shape index (κ3) is 2.39. The van der Waals surface area contributed by atoms with Gasteiger partial charge in [0.05, 0.1) is 17.4 Å². The topological polar surface area (TPSA) is 66.1 Å². The zero-order valence-corrected chi connectivity index (χ0v) is 9.25. The van der Waals surface area contributed by atoms with Crippen molar-refractivity contribution in [1.82, 2.24) is 9.97 Å². The van der Waals surface area contributed by atoms with E-state index in [9.17, 15) is 9.59 Å². The van der Waals surface area contributed by atoms with Crippen LogP contribution in [0.3, 0.4) is 0 Å². The summed E-state index contributed by atoms with van der Waals surface area (Å²) in [5, 5.41) is 0. The number of H-pyrrole nitrogens is 1. The SMILES string of the molecule is CN(C(=O)c1ccc(=O)[nH]c1)c1cccnc1. The maximum Gasteiger partial charge on any atom is 0.259 e. The largest absolute Gasteiger partial charge is 0.328 e. The summed E-state index contributed by atoms with van der Waals surface area (Å²) in [7, 11) is 1.66. The Bertz CT molecular complexity index is 557. The molecule has 2 heterocycles. The Balaban J connectivity index is 2.26. The van der Waals surface area contributed by atoms with Crippen LogP contribution in [-0.2, 0) is 0 Å². The predicted molar refractivity (Wildman–Crippen MR) is 64.0 cm³/mol. The maximum absolute atomic E-state index is 12.0. The molecule has 0 fully saturated rings. The third-order valence-corrected chi connectivity index (χ3v) is 2.37. The van der Waals surface area contributed by atoms with E-state index in [1.165, 1.54) is 23.2 Å². The second-order valence-corrected chi connectivity index (χ2v) is 3.52. The van der Waals surface area contributed by atoms with Crippen LogP contribution >= 0.6 is 0 Å². The van der Waals surface area contributed by atoms with Gasteiger partial charge >= 0.3 is 0 Å². The van der Waals surface area contributed by atoms with Gasteiger partial charge in [0.25, 0.3) is 5.91 Å². The molecule has 1 amide bonds. The molecule has 86 valence electrons. The molecule has 0 radical (unpaired) electrons. The maximum atomic E-state index is 12.0. The van der Waals surface area contributed by atoms with Gasteiger partial charge in [-0.3, -0.25) is 14.6 Å². The van der Waals surface area contributed by atoms with Crippen molar-refractivity contribution in [2.75, 3.05) is 11.9 Å². The summed E-state index contributed by atoms with van der Waals surface area (Å²) in [6.45, 7) is 0. The van der Waals surface area contributed by atoms with E-state index in [0.29, 0.717) is 11.3 Å². The first kappa shape index (κ1) is 11.1. The summed E-state index contributed by atoms with van der Waals surface area (Å²) in [6, 6.07) is 6.36. The molecule has 0 saturated heterocycles. The fraction of sp³-hybridized carbons (Fsp3) is 0.0833. The second-order valence-electron chi connectivity index (χ2n) is 3.52. The van der Waals surface area contributed by atoms with Gasteiger partial charge in [0, 0.05) is 25.5 Å². The van der Waals surface area contributed by atoms with E-state index in [-0.39, 0.29) is 11.5 Å². The molecular formula is C12H11N3O2. The Morgan fingerprint density at radius 2 is 2.18 bits per heavy atom. The molecule has 0 aliphatic rings. The quantitative estimate of drug-likeness (QED) is 0.836. The van der Waals surface area contributed by atoms with Crippen LogP contribution in [0.5, 0.6) is 0 Å². The molecule has 0 aliphatic carbocycles. The standard InChI is InChI=1S/C12H11N3O2/c1-15(10-3-2-6-13-8-10)12(17)9-4-5-11(16)14-7-9/h2-8H,1H3,(H,14,16). The molecule has 0 aliphatic heterocycles. The molecule has 2 aromatic rings.